The number of allylic oxidation sites excluding steroid dienone is 1. The van der Waals surface area contributed by atoms with Gasteiger partial charge in [0.2, 0.25) is 0 Å². The molecule has 2 unspecified atom stereocenters. The largest absolute Gasteiger partial charge is 0.327 e. The summed E-state index contributed by atoms with van der Waals surface area (Å²) in [6, 6.07) is 0.373. The molecule has 3 N–H and O–H groups in total. The van der Waals surface area contributed by atoms with Crippen LogP contribution in [0.4, 0.5) is 0 Å². The maximum Gasteiger partial charge on any atom is 0.0478 e. The molecule has 1 aliphatic rings. The molecule has 0 bridgehead atoms. The monoisotopic (exact) mass is 321 g/mol. The molecule has 3 heteroatoms. The van der Waals surface area contributed by atoms with Crippen molar-refractivity contribution in [2.24, 2.45) is 11.7 Å². The van der Waals surface area contributed by atoms with Gasteiger partial charge in [0.05, 0.1) is 0 Å². The fraction of sp³-hybridized carbons (Fsp3) is 0.700. The average Bonchev–Trinajstić information content (AvgIpc) is 2.55. The van der Waals surface area contributed by atoms with Crippen molar-refractivity contribution in [1.82, 2.24) is 10.2 Å². The number of hydrogen-bond donors (Lipinski definition) is 2. The molecule has 0 amide bonds. The van der Waals surface area contributed by atoms with E-state index in [-0.39, 0.29) is 0 Å². The maximum absolute atomic E-state index is 5.93. The topological polar surface area (TPSA) is 41.3 Å². The summed E-state index contributed by atoms with van der Waals surface area (Å²) in [4.78, 5) is 2.41. The van der Waals surface area contributed by atoms with Gasteiger partial charge in [0.1, 0.15) is 0 Å². The summed E-state index contributed by atoms with van der Waals surface area (Å²) in [6.45, 7) is 13.5. The summed E-state index contributed by atoms with van der Waals surface area (Å²) in [7, 11) is 1.99. The van der Waals surface area contributed by atoms with E-state index in [2.05, 4.69) is 62.6 Å². The van der Waals surface area contributed by atoms with Gasteiger partial charge in [-0.3, -0.25) is 4.90 Å². The molecule has 0 saturated heterocycles. The van der Waals surface area contributed by atoms with Gasteiger partial charge in [-0.15, -0.1) is 19.4 Å². The van der Waals surface area contributed by atoms with Crippen molar-refractivity contribution in [3.05, 3.63) is 24.3 Å². The Labute approximate surface area is 145 Å². The highest BCUT2D eigenvalue weighted by atomic mass is 15.2. The maximum atomic E-state index is 5.93. The van der Waals surface area contributed by atoms with E-state index in [1.807, 2.05) is 7.05 Å². The number of terminal acetylenes is 1. The second kappa shape index (κ2) is 17.3. The fourth-order valence-corrected chi connectivity index (χ4v) is 2.48. The molecule has 0 heterocycles. The second-order valence-corrected chi connectivity index (χ2v) is 6.16. The van der Waals surface area contributed by atoms with Crippen LogP contribution in [0.5, 0.6) is 0 Å². The molecule has 0 aromatic heterocycles. The highest BCUT2D eigenvalue weighted by molar-refractivity contribution is 4.98. The third kappa shape index (κ3) is 15.6. The average molecular weight is 322 g/mol. The minimum atomic E-state index is 0.373. The quantitative estimate of drug-likeness (QED) is 0.406. The Morgan fingerprint density at radius 1 is 1.39 bits per heavy atom. The van der Waals surface area contributed by atoms with Gasteiger partial charge in [0, 0.05) is 19.3 Å². The third-order valence-electron chi connectivity index (χ3n) is 3.73. The van der Waals surface area contributed by atoms with Gasteiger partial charge in [0.25, 0.3) is 0 Å². The number of hydrogen-bond acceptors (Lipinski definition) is 3. The minimum Gasteiger partial charge on any atom is -0.327 e. The van der Waals surface area contributed by atoms with E-state index in [0.717, 1.165) is 32.6 Å². The first-order valence-corrected chi connectivity index (χ1v) is 8.80. The van der Waals surface area contributed by atoms with Gasteiger partial charge in [-0.25, -0.2) is 0 Å². The van der Waals surface area contributed by atoms with Crippen molar-refractivity contribution < 1.29 is 0 Å². The van der Waals surface area contributed by atoms with Crippen LogP contribution in [0.2, 0.25) is 0 Å². The number of nitrogens with one attached hydrogen (secondary N) is 1. The first-order valence-electron chi connectivity index (χ1n) is 8.80. The molecule has 3 nitrogen and oxygen atoms in total. The SMILES string of the molecule is C#C.C=C(C)CCCC.CCN(CNC)CC1C=CCC(N)C1. The smallest absolute Gasteiger partial charge is 0.0478 e. The Hall–Kier alpha value is -1.08. The molecule has 2 atom stereocenters. The lowest BCUT2D eigenvalue weighted by molar-refractivity contribution is 0.235. The van der Waals surface area contributed by atoms with Crippen molar-refractivity contribution in [3.63, 3.8) is 0 Å². The lowest BCUT2D eigenvalue weighted by Gasteiger charge is -2.28. The molecule has 0 aliphatic heterocycles. The number of unbranched alkanes of at least 4 members (excludes halogenated alkanes) is 1. The highest BCUT2D eigenvalue weighted by Gasteiger charge is 2.16. The molecular formula is C20H39N3. The molecule has 1 rings (SSSR count). The van der Waals surface area contributed by atoms with Crippen molar-refractivity contribution in [2.45, 2.75) is 58.9 Å². The lowest BCUT2D eigenvalue weighted by atomic mass is 9.92. The molecule has 0 fully saturated rings. The first-order chi connectivity index (χ1) is 11.0. The van der Waals surface area contributed by atoms with E-state index in [0.29, 0.717) is 12.0 Å². The van der Waals surface area contributed by atoms with Crippen LogP contribution >= 0.6 is 0 Å². The number of rotatable bonds is 8. The first kappa shape index (κ1) is 24.2. The van der Waals surface area contributed by atoms with Crippen LogP contribution in [0.25, 0.3) is 0 Å². The van der Waals surface area contributed by atoms with Crippen LogP contribution in [0.3, 0.4) is 0 Å². The van der Waals surface area contributed by atoms with E-state index >= 15 is 0 Å². The van der Waals surface area contributed by atoms with E-state index in [1.165, 1.54) is 24.8 Å². The van der Waals surface area contributed by atoms with Crippen LogP contribution in [0.1, 0.15) is 52.9 Å². The van der Waals surface area contributed by atoms with Crippen LogP contribution in [0, 0.1) is 18.8 Å². The Kier molecular flexibility index (Phi) is 18.2. The Morgan fingerprint density at radius 3 is 2.43 bits per heavy atom. The zero-order valence-corrected chi connectivity index (χ0v) is 15.9. The van der Waals surface area contributed by atoms with Gasteiger partial charge in [-0.1, -0.05) is 38.0 Å². The van der Waals surface area contributed by atoms with Crippen molar-refractivity contribution in [2.75, 3.05) is 26.8 Å². The van der Waals surface area contributed by atoms with Gasteiger partial charge < -0.3 is 11.1 Å². The van der Waals surface area contributed by atoms with Gasteiger partial charge in [-0.2, -0.15) is 0 Å². The zero-order chi connectivity index (χ0) is 18.1. The van der Waals surface area contributed by atoms with E-state index in [9.17, 15) is 0 Å². The predicted molar refractivity (Wildman–Crippen MR) is 105 cm³/mol. The standard InChI is InChI=1S/C11H23N3.C7H14.C2H2/c1-3-14(9-13-2)8-10-5-4-6-11(12)7-10;1-4-5-6-7(2)3;1-2/h4-5,10-11,13H,3,6-9,12H2,1-2H3;2,4-6H2,1,3H3;1-2H. The van der Waals surface area contributed by atoms with Crippen LogP contribution in [-0.2, 0) is 0 Å². The Bertz CT molecular complexity index is 320. The van der Waals surface area contributed by atoms with Gasteiger partial charge >= 0.3 is 0 Å². The fourth-order valence-electron chi connectivity index (χ4n) is 2.48. The van der Waals surface area contributed by atoms with Crippen LogP contribution < -0.4 is 11.1 Å². The van der Waals surface area contributed by atoms with Crippen molar-refractivity contribution in [1.29, 1.82) is 0 Å². The summed E-state index contributed by atoms with van der Waals surface area (Å²) in [5.41, 5.74) is 7.24. The number of nitrogens with two attached hydrogens (primary N) is 1. The number of nitrogens with zero attached hydrogens (tertiary/aromatic N) is 1. The van der Waals surface area contributed by atoms with Gasteiger partial charge in [0.15, 0.2) is 0 Å². The predicted octanol–water partition coefficient (Wildman–Crippen LogP) is 3.78. The zero-order valence-electron chi connectivity index (χ0n) is 15.9. The molecule has 0 aromatic rings. The minimum absolute atomic E-state index is 0.373. The van der Waals surface area contributed by atoms with Gasteiger partial charge in [-0.05, 0) is 52.1 Å². The summed E-state index contributed by atoms with van der Waals surface area (Å²) < 4.78 is 0. The van der Waals surface area contributed by atoms with Crippen molar-refractivity contribution in [3.8, 4) is 12.8 Å². The molecule has 1 aliphatic carbocycles. The molecule has 0 aromatic carbocycles. The highest BCUT2D eigenvalue weighted by Crippen LogP contribution is 2.17. The van der Waals surface area contributed by atoms with E-state index in [4.69, 9.17) is 5.73 Å². The molecular weight excluding hydrogens is 282 g/mol. The van der Waals surface area contributed by atoms with Crippen LogP contribution in [0.15, 0.2) is 24.3 Å². The Balaban J connectivity index is 0. The summed E-state index contributed by atoms with van der Waals surface area (Å²) >= 11 is 0. The third-order valence-corrected chi connectivity index (χ3v) is 3.73. The summed E-state index contributed by atoms with van der Waals surface area (Å²) in [5.74, 6) is 0.645. The summed E-state index contributed by atoms with van der Waals surface area (Å²) in [6.07, 6.45) is 18.5. The molecule has 23 heavy (non-hydrogen) atoms. The molecule has 0 spiro atoms. The van der Waals surface area contributed by atoms with Crippen molar-refractivity contribution >= 4 is 0 Å². The summed E-state index contributed by atoms with van der Waals surface area (Å²) in [5, 5.41) is 3.19. The Morgan fingerprint density at radius 2 is 2.04 bits per heavy atom. The molecule has 134 valence electrons. The molecule has 0 saturated carbocycles. The normalized spacial score (nSPS) is 19.3. The second-order valence-electron chi connectivity index (χ2n) is 6.16. The van der Waals surface area contributed by atoms with E-state index < -0.39 is 0 Å². The van der Waals surface area contributed by atoms with E-state index in [1.54, 1.807) is 0 Å². The molecule has 0 radical (unpaired) electrons. The van der Waals surface area contributed by atoms with Crippen LogP contribution in [-0.4, -0.2) is 37.7 Å². The lowest BCUT2D eigenvalue weighted by Crippen LogP contribution is -2.38.